The highest BCUT2D eigenvalue weighted by molar-refractivity contribution is 5.96. The molecule has 1 amide bonds. The van der Waals surface area contributed by atoms with E-state index in [4.69, 9.17) is 14.2 Å². The molecule has 6 heteroatoms. The third kappa shape index (κ3) is 5.38. The highest BCUT2D eigenvalue weighted by Crippen LogP contribution is 2.29. The molecule has 0 fully saturated rings. The molecular formula is C24H23NO5. The Kier molecular flexibility index (Phi) is 7.05. The first-order valence-electron chi connectivity index (χ1n) is 9.49. The SMILES string of the molecule is COc1ccccc1NC(=O)[C@H](C)OC(=O)COc1ccccc1-c1ccccc1. The predicted molar refractivity (Wildman–Crippen MR) is 115 cm³/mol. The number of anilines is 1. The number of rotatable bonds is 8. The molecule has 0 heterocycles. The first kappa shape index (κ1) is 20.9. The highest BCUT2D eigenvalue weighted by Gasteiger charge is 2.20. The van der Waals surface area contributed by atoms with Crippen molar-refractivity contribution in [3.05, 3.63) is 78.9 Å². The Labute approximate surface area is 175 Å². The summed E-state index contributed by atoms with van der Waals surface area (Å²) < 4.78 is 16.1. The van der Waals surface area contributed by atoms with Gasteiger partial charge in [0.1, 0.15) is 11.5 Å². The fraction of sp³-hybridized carbons (Fsp3) is 0.167. The smallest absolute Gasteiger partial charge is 0.344 e. The molecule has 0 unspecified atom stereocenters. The third-order valence-corrected chi connectivity index (χ3v) is 4.36. The van der Waals surface area contributed by atoms with E-state index in [2.05, 4.69) is 5.32 Å². The quantitative estimate of drug-likeness (QED) is 0.565. The topological polar surface area (TPSA) is 73.9 Å². The fourth-order valence-electron chi connectivity index (χ4n) is 2.85. The molecule has 0 spiro atoms. The number of esters is 1. The molecule has 30 heavy (non-hydrogen) atoms. The van der Waals surface area contributed by atoms with Crippen molar-refractivity contribution in [3.63, 3.8) is 0 Å². The Morgan fingerprint density at radius 3 is 2.23 bits per heavy atom. The van der Waals surface area contributed by atoms with Crippen LogP contribution < -0.4 is 14.8 Å². The summed E-state index contributed by atoms with van der Waals surface area (Å²) in [6.45, 7) is 1.19. The zero-order valence-electron chi connectivity index (χ0n) is 16.8. The van der Waals surface area contributed by atoms with Gasteiger partial charge in [-0.15, -0.1) is 0 Å². The van der Waals surface area contributed by atoms with Gasteiger partial charge in [0, 0.05) is 5.56 Å². The second-order valence-electron chi connectivity index (χ2n) is 6.47. The maximum atomic E-state index is 12.3. The summed E-state index contributed by atoms with van der Waals surface area (Å²) in [5.41, 5.74) is 2.35. The van der Waals surface area contributed by atoms with Crippen LogP contribution in [0, 0.1) is 0 Å². The summed E-state index contributed by atoms with van der Waals surface area (Å²) in [7, 11) is 1.51. The van der Waals surface area contributed by atoms with Crippen LogP contribution in [-0.4, -0.2) is 31.7 Å². The van der Waals surface area contributed by atoms with E-state index in [0.717, 1.165) is 11.1 Å². The van der Waals surface area contributed by atoms with Crippen LogP contribution in [0.25, 0.3) is 11.1 Å². The zero-order valence-corrected chi connectivity index (χ0v) is 16.8. The molecule has 0 aromatic heterocycles. The van der Waals surface area contributed by atoms with Crippen LogP contribution in [0.5, 0.6) is 11.5 Å². The molecule has 3 aromatic rings. The van der Waals surface area contributed by atoms with Crippen LogP contribution in [0.1, 0.15) is 6.92 Å². The third-order valence-electron chi connectivity index (χ3n) is 4.36. The van der Waals surface area contributed by atoms with E-state index in [1.54, 1.807) is 30.3 Å². The number of nitrogens with one attached hydrogen (secondary N) is 1. The van der Waals surface area contributed by atoms with Crippen molar-refractivity contribution in [2.45, 2.75) is 13.0 Å². The van der Waals surface area contributed by atoms with Gasteiger partial charge >= 0.3 is 5.97 Å². The minimum Gasteiger partial charge on any atom is -0.495 e. The molecule has 0 saturated heterocycles. The number of methoxy groups -OCH3 is 1. The summed E-state index contributed by atoms with van der Waals surface area (Å²) in [5, 5.41) is 2.69. The second-order valence-corrected chi connectivity index (χ2v) is 6.47. The average Bonchev–Trinajstić information content (AvgIpc) is 2.78. The lowest BCUT2D eigenvalue weighted by Gasteiger charge is -2.16. The maximum Gasteiger partial charge on any atom is 0.344 e. The van der Waals surface area contributed by atoms with Gasteiger partial charge in [-0.25, -0.2) is 4.79 Å². The normalized spacial score (nSPS) is 11.3. The van der Waals surface area contributed by atoms with Gasteiger partial charge in [-0.3, -0.25) is 4.79 Å². The summed E-state index contributed by atoms with van der Waals surface area (Å²) in [4.78, 5) is 24.5. The van der Waals surface area contributed by atoms with Gasteiger partial charge in [-0.1, -0.05) is 60.7 Å². The van der Waals surface area contributed by atoms with Crippen molar-refractivity contribution in [2.24, 2.45) is 0 Å². The molecule has 0 bridgehead atoms. The molecule has 0 aliphatic carbocycles. The van der Waals surface area contributed by atoms with Gasteiger partial charge in [0.2, 0.25) is 0 Å². The lowest BCUT2D eigenvalue weighted by atomic mass is 10.1. The number of amides is 1. The summed E-state index contributed by atoms with van der Waals surface area (Å²) in [5.74, 6) is -0.0184. The average molecular weight is 405 g/mol. The molecule has 0 radical (unpaired) electrons. The summed E-state index contributed by atoms with van der Waals surface area (Å²) in [6, 6.07) is 24.2. The van der Waals surface area contributed by atoms with Crippen LogP contribution in [0.4, 0.5) is 5.69 Å². The van der Waals surface area contributed by atoms with E-state index in [0.29, 0.717) is 17.2 Å². The number of benzene rings is 3. The summed E-state index contributed by atoms with van der Waals surface area (Å²) >= 11 is 0. The van der Waals surface area contributed by atoms with E-state index in [1.165, 1.54) is 14.0 Å². The van der Waals surface area contributed by atoms with Crippen molar-refractivity contribution >= 4 is 17.6 Å². The van der Waals surface area contributed by atoms with Gasteiger partial charge in [0.25, 0.3) is 5.91 Å². The Morgan fingerprint density at radius 1 is 0.867 bits per heavy atom. The number of hydrogen-bond donors (Lipinski definition) is 1. The van der Waals surface area contributed by atoms with Crippen LogP contribution in [0.2, 0.25) is 0 Å². The van der Waals surface area contributed by atoms with Crippen LogP contribution >= 0.6 is 0 Å². The van der Waals surface area contributed by atoms with E-state index in [1.807, 2.05) is 48.5 Å². The summed E-state index contributed by atoms with van der Waals surface area (Å²) in [6.07, 6.45) is -0.990. The molecular weight excluding hydrogens is 382 g/mol. The van der Waals surface area contributed by atoms with Gasteiger partial charge in [-0.2, -0.15) is 0 Å². The van der Waals surface area contributed by atoms with Gasteiger partial charge in [-0.05, 0) is 30.7 Å². The standard InChI is InChI=1S/C24H23NO5/c1-17(24(27)25-20-13-7-9-15-22(20)28-2)30-23(26)16-29-21-14-8-6-12-19(21)18-10-4-3-5-11-18/h3-15,17H,16H2,1-2H3,(H,25,27)/t17-/m0/s1. The van der Waals surface area contributed by atoms with E-state index >= 15 is 0 Å². The van der Waals surface area contributed by atoms with Crippen LogP contribution in [-0.2, 0) is 14.3 Å². The lowest BCUT2D eigenvalue weighted by molar-refractivity contribution is -0.155. The molecule has 154 valence electrons. The van der Waals surface area contributed by atoms with Gasteiger partial charge in [0.05, 0.1) is 12.8 Å². The molecule has 0 saturated carbocycles. The van der Waals surface area contributed by atoms with E-state index in [9.17, 15) is 9.59 Å². The fourth-order valence-corrected chi connectivity index (χ4v) is 2.85. The van der Waals surface area contributed by atoms with Gasteiger partial charge < -0.3 is 19.5 Å². The van der Waals surface area contributed by atoms with Crippen molar-refractivity contribution in [1.29, 1.82) is 0 Å². The molecule has 1 atom stereocenters. The molecule has 3 rings (SSSR count). The Bertz CT molecular complexity index is 1000. The van der Waals surface area contributed by atoms with Crippen molar-refractivity contribution in [1.82, 2.24) is 0 Å². The molecule has 0 aliphatic heterocycles. The molecule has 6 nitrogen and oxygen atoms in total. The van der Waals surface area contributed by atoms with Crippen molar-refractivity contribution < 1.29 is 23.8 Å². The van der Waals surface area contributed by atoms with Crippen molar-refractivity contribution in [2.75, 3.05) is 19.0 Å². The monoisotopic (exact) mass is 405 g/mol. The van der Waals surface area contributed by atoms with Crippen molar-refractivity contribution in [3.8, 4) is 22.6 Å². The molecule has 1 N–H and O–H groups in total. The Morgan fingerprint density at radius 2 is 1.50 bits per heavy atom. The number of carbonyl (C=O) groups excluding carboxylic acids is 2. The Balaban J connectivity index is 1.57. The first-order chi connectivity index (χ1) is 14.6. The number of hydrogen-bond acceptors (Lipinski definition) is 5. The van der Waals surface area contributed by atoms with Crippen LogP contribution in [0.3, 0.4) is 0 Å². The number of ether oxygens (including phenoxy) is 3. The van der Waals surface area contributed by atoms with E-state index in [-0.39, 0.29) is 6.61 Å². The molecule has 3 aromatic carbocycles. The minimum absolute atomic E-state index is 0.309. The maximum absolute atomic E-state index is 12.3. The number of para-hydroxylation sites is 3. The largest absolute Gasteiger partial charge is 0.495 e. The Hall–Kier alpha value is -3.80. The van der Waals surface area contributed by atoms with E-state index < -0.39 is 18.0 Å². The minimum atomic E-state index is -0.990. The molecule has 0 aliphatic rings. The van der Waals surface area contributed by atoms with Crippen LogP contribution in [0.15, 0.2) is 78.9 Å². The highest BCUT2D eigenvalue weighted by atomic mass is 16.6. The first-order valence-corrected chi connectivity index (χ1v) is 9.49. The van der Waals surface area contributed by atoms with Gasteiger partial charge in [0.15, 0.2) is 12.7 Å². The lowest BCUT2D eigenvalue weighted by Crippen LogP contribution is -2.31. The predicted octanol–water partition coefficient (Wildman–Crippen LogP) is 4.31. The number of carbonyl (C=O) groups is 2. The second kappa shape index (κ2) is 10.1. The zero-order chi connectivity index (χ0) is 21.3.